The van der Waals surface area contributed by atoms with Gasteiger partial charge in [0.25, 0.3) is 11.5 Å². The normalized spacial score (nSPS) is 11.0. The summed E-state index contributed by atoms with van der Waals surface area (Å²) in [6.07, 6.45) is 1.58. The Hall–Kier alpha value is -4.44. The number of nitrogens with one attached hydrogen (secondary N) is 2. The maximum atomic E-state index is 14.3. The van der Waals surface area contributed by atoms with Crippen LogP contribution in [-0.4, -0.2) is 30.2 Å². The fourth-order valence-corrected chi connectivity index (χ4v) is 3.95. The first-order valence-corrected chi connectivity index (χ1v) is 10.7. The number of hydrogen-bond acceptors (Lipinski definition) is 5. The minimum absolute atomic E-state index is 0.0242. The van der Waals surface area contributed by atoms with Crippen LogP contribution in [-0.2, 0) is 6.54 Å². The number of carbonyl (C=O) groups is 1. The molecule has 0 aliphatic carbocycles. The molecule has 168 valence electrons. The van der Waals surface area contributed by atoms with Gasteiger partial charge in [0.1, 0.15) is 12.1 Å². The fraction of sp³-hybridized carbons (Fsp3) is 0.0417. The molecule has 8 nitrogen and oxygen atoms in total. The monoisotopic (exact) mass is 472 g/mol. The third-order valence-corrected chi connectivity index (χ3v) is 5.60. The molecule has 2 heterocycles. The molecule has 0 unspecified atom stereocenters. The summed E-state index contributed by atoms with van der Waals surface area (Å²) in [5.41, 5.74) is 1.16. The lowest BCUT2D eigenvalue weighted by Crippen LogP contribution is -2.25. The number of amides is 1. The summed E-state index contributed by atoms with van der Waals surface area (Å²) in [7, 11) is 0. The van der Waals surface area contributed by atoms with E-state index in [0.717, 1.165) is 10.3 Å². The van der Waals surface area contributed by atoms with Crippen LogP contribution in [0.15, 0.2) is 83.9 Å². The van der Waals surface area contributed by atoms with Crippen LogP contribution < -0.4 is 10.9 Å². The lowest BCUT2D eigenvalue weighted by atomic mass is 10.1. The summed E-state index contributed by atoms with van der Waals surface area (Å²) in [6, 6.07) is 20.0. The number of fused-ring (bicyclic) bond motifs is 1. The highest BCUT2D eigenvalue weighted by molar-refractivity contribution is 7.71. The maximum absolute atomic E-state index is 14.3. The molecule has 2 N–H and O–H groups in total. The summed E-state index contributed by atoms with van der Waals surface area (Å²) < 4.78 is 17.2. The van der Waals surface area contributed by atoms with Gasteiger partial charge in [-0.1, -0.05) is 30.3 Å². The third kappa shape index (κ3) is 3.90. The average Bonchev–Trinajstić information content (AvgIpc) is 3.32. The Bertz CT molecular complexity index is 1640. The first-order chi connectivity index (χ1) is 16.5. The van der Waals surface area contributed by atoms with E-state index in [0.29, 0.717) is 16.9 Å². The SMILES string of the molecule is O=C(NCc1nncn1-c1ccccc1)c1ccc2c(=O)n(-c3ccccc3F)c(=S)[nH]c2c1. The largest absolute Gasteiger partial charge is 0.345 e. The van der Waals surface area contributed by atoms with E-state index in [2.05, 4.69) is 20.5 Å². The fourth-order valence-electron chi connectivity index (χ4n) is 3.66. The van der Waals surface area contributed by atoms with E-state index in [4.69, 9.17) is 12.2 Å². The number of benzene rings is 3. The van der Waals surface area contributed by atoms with Gasteiger partial charge in [-0.05, 0) is 54.7 Å². The van der Waals surface area contributed by atoms with E-state index in [1.165, 1.54) is 36.4 Å². The standard InChI is InChI=1S/C24H17FN6O2S/c25-18-8-4-5-9-20(18)31-23(33)17-11-10-15(12-19(17)28-24(31)34)22(32)26-13-21-29-27-14-30(21)16-6-2-1-3-7-16/h1-12,14H,13H2,(H,26,32)(H,28,34). The van der Waals surface area contributed by atoms with Crippen molar-refractivity contribution in [1.82, 2.24) is 29.6 Å². The molecular formula is C24H17FN6O2S. The van der Waals surface area contributed by atoms with Crippen molar-refractivity contribution in [2.24, 2.45) is 0 Å². The quantitative estimate of drug-likeness (QED) is 0.380. The number of nitrogens with zero attached hydrogens (tertiary/aromatic N) is 4. The molecule has 0 aliphatic heterocycles. The highest BCUT2D eigenvalue weighted by atomic mass is 32.1. The summed E-state index contributed by atoms with van der Waals surface area (Å²) in [4.78, 5) is 28.7. The van der Waals surface area contributed by atoms with Crippen molar-refractivity contribution in [3.8, 4) is 11.4 Å². The van der Waals surface area contributed by atoms with Crippen molar-refractivity contribution in [2.75, 3.05) is 0 Å². The zero-order valence-corrected chi connectivity index (χ0v) is 18.4. The summed E-state index contributed by atoms with van der Waals surface area (Å²) in [5, 5.41) is 11.1. The number of H-pyrrole nitrogens is 1. The number of para-hydroxylation sites is 2. The number of hydrogen-bond donors (Lipinski definition) is 2. The molecule has 1 amide bonds. The highest BCUT2D eigenvalue weighted by Gasteiger charge is 2.14. The van der Waals surface area contributed by atoms with Crippen molar-refractivity contribution < 1.29 is 9.18 Å². The topological polar surface area (TPSA) is 97.6 Å². The summed E-state index contributed by atoms with van der Waals surface area (Å²) >= 11 is 5.31. The van der Waals surface area contributed by atoms with Gasteiger partial charge in [0, 0.05) is 11.3 Å². The second kappa shape index (κ2) is 8.83. The Balaban J connectivity index is 1.42. The van der Waals surface area contributed by atoms with E-state index < -0.39 is 11.4 Å². The molecule has 0 spiro atoms. The lowest BCUT2D eigenvalue weighted by Gasteiger charge is -2.10. The molecule has 0 saturated heterocycles. The second-order valence-electron chi connectivity index (χ2n) is 7.42. The molecule has 0 fully saturated rings. The Labute approximate surface area is 197 Å². The van der Waals surface area contributed by atoms with Crippen LogP contribution in [0.5, 0.6) is 0 Å². The Morgan fingerprint density at radius 2 is 1.82 bits per heavy atom. The van der Waals surface area contributed by atoms with Crippen LogP contribution in [0.4, 0.5) is 4.39 Å². The Kier molecular flexibility index (Phi) is 5.56. The van der Waals surface area contributed by atoms with Gasteiger partial charge in [0.15, 0.2) is 10.6 Å². The molecule has 34 heavy (non-hydrogen) atoms. The van der Waals surface area contributed by atoms with Crippen LogP contribution in [0.3, 0.4) is 0 Å². The molecule has 2 aromatic heterocycles. The molecule has 0 atom stereocenters. The molecule has 0 saturated carbocycles. The van der Waals surface area contributed by atoms with E-state index in [1.807, 2.05) is 30.3 Å². The van der Waals surface area contributed by atoms with Crippen molar-refractivity contribution in [2.45, 2.75) is 6.54 Å². The van der Waals surface area contributed by atoms with Gasteiger partial charge in [0.2, 0.25) is 0 Å². The number of carbonyl (C=O) groups excluding carboxylic acids is 1. The summed E-state index contributed by atoms with van der Waals surface area (Å²) in [6.45, 7) is 0.149. The van der Waals surface area contributed by atoms with Crippen LogP contribution in [0.25, 0.3) is 22.3 Å². The molecule has 0 aliphatic rings. The minimum Gasteiger partial charge on any atom is -0.345 e. The van der Waals surface area contributed by atoms with Gasteiger partial charge in [-0.3, -0.25) is 14.2 Å². The van der Waals surface area contributed by atoms with Crippen molar-refractivity contribution in [3.63, 3.8) is 0 Å². The zero-order valence-electron chi connectivity index (χ0n) is 17.6. The average molecular weight is 473 g/mol. The van der Waals surface area contributed by atoms with Crippen LogP contribution in [0.1, 0.15) is 16.2 Å². The predicted octanol–water partition coefficient (Wildman–Crippen LogP) is 3.70. The van der Waals surface area contributed by atoms with E-state index in [-0.39, 0.29) is 28.3 Å². The second-order valence-corrected chi connectivity index (χ2v) is 7.80. The van der Waals surface area contributed by atoms with Crippen LogP contribution in [0, 0.1) is 10.6 Å². The predicted molar refractivity (Wildman–Crippen MR) is 127 cm³/mol. The first kappa shape index (κ1) is 21.4. The van der Waals surface area contributed by atoms with Crippen molar-refractivity contribution >= 4 is 29.0 Å². The Morgan fingerprint density at radius 3 is 2.62 bits per heavy atom. The molecule has 10 heteroatoms. The van der Waals surface area contributed by atoms with E-state index in [1.54, 1.807) is 17.0 Å². The maximum Gasteiger partial charge on any atom is 0.266 e. The minimum atomic E-state index is -0.567. The first-order valence-electron chi connectivity index (χ1n) is 10.3. The van der Waals surface area contributed by atoms with Gasteiger partial charge in [-0.15, -0.1) is 10.2 Å². The van der Waals surface area contributed by atoms with Gasteiger partial charge in [0.05, 0.1) is 23.1 Å². The third-order valence-electron chi connectivity index (χ3n) is 5.31. The van der Waals surface area contributed by atoms with Gasteiger partial charge in [-0.25, -0.2) is 8.96 Å². The molecule has 5 aromatic rings. The number of aromatic nitrogens is 5. The Morgan fingerprint density at radius 1 is 1.06 bits per heavy atom. The van der Waals surface area contributed by atoms with Crippen molar-refractivity contribution in [1.29, 1.82) is 0 Å². The van der Waals surface area contributed by atoms with Crippen LogP contribution in [0.2, 0.25) is 0 Å². The summed E-state index contributed by atoms with van der Waals surface area (Å²) in [5.74, 6) is -0.363. The van der Waals surface area contributed by atoms with Gasteiger partial charge < -0.3 is 10.3 Å². The molecule has 0 radical (unpaired) electrons. The number of aromatic amines is 1. The molecular weight excluding hydrogens is 455 g/mol. The smallest absolute Gasteiger partial charge is 0.266 e. The van der Waals surface area contributed by atoms with Gasteiger partial charge >= 0.3 is 0 Å². The number of rotatable bonds is 5. The van der Waals surface area contributed by atoms with Gasteiger partial charge in [-0.2, -0.15) is 0 Å². The van der Waals surface area contributed by atoms with E-state index in [9.17, 15) is 14.0 Å². The van der Waals surface area contributed by atoms with E-state index >= 15 is 0 Å². The lowest BCUT2D eigenvalue weighted by molar-refractivity contribution is 0.0950. The van der Waals surface area contributed by atoms with Crippen molar-refractivity contribution in [3.05, 3.63) is 111 Å². The highest BCUT2D eigenvalue weighted by Crippen LogP contribution is 2.16. The zero-order chi connectivity index (χ0) is 23.7. The molecule has 3 aromatic carbocycles. The molecule has 5 rings (SSSR count). The number of halogens is 1. The molecule has 0 bridgehead atoms. The van der Waals surface area contributed by atoms with Crippen LogP contribution >= 0.6 is 12.2 Å².